The molecule has 0 saturated heterocycles. The maximum Gasteiger partial charge on any atom is 0.127 e. The third-order valence-corrected chi connectivity index (χ3v) is 4.65. The summed E-state index contributed by atoms with van der Waals surface area (Å²) in [6, 6.07) is 6.53. The third kappa shape index (κ3) is 2.71. The van der Waals surface area contributed by atoms with Crippen LogP contribution in [0.15, 0.2) is 18.2 Å². The van der Waals surface area contributed by atoms with E-state index in [0.29, 0.717) is 0 Å². The second-order valence-electron chi connectivity index (χ2n) is 6.19. The van der Waals surface area contributed by atoms with Gasteiger partial charge >= 0.3 is 0 Å². The van der Waals surface area contributed by atoms with Crippen molar-refractivity contribution in [2.75, 3.05) is 0 Å². The average molecular weight is 291 g/mol. The van der Waals surface area contributed by atoms with Crippen LogP contribution in [0, 0.1) is 12.8 Å². The summed E-state index contributed by atoms with van der Waals surface area (Å²) in [6.45, 7) is 5.21. The van der Waals surface area contributed by atoms with E-state index in [1.807, 2.05) is 6.92 Å². The Kier molecular flexibility index (Phi) is 4.02. The summed E-state index contributed by atoms with van der Waals surface area (Å²) in [5, 5.41) is -0.0358. The Morgan fingerprint density at radius 1 is 1.30 bits per heavy atom. The van der Waals surface area contributed by atoms with E-state index >= 15 is 0 Å². The zero-order chi connectivity index (χ0) is 14.1. The molecule has 1 aliphatic carbocycles. The molecule has 1 unspecified atom stereocenters. The molecule has 1 saturated carbocycles. The lowest BCUT2D eigenvalue weighted by molar-refractivity contribution is 0.319. The maximum atomic E-state index is 6.35. The molecule has 3 heteroatoms. The second kappa shape index (κ2) is 5.77. The molecule has 0 radical (unpaired) electrons. The summed E-state index contributed by atoms with van der Waals surface area (Å²) >= 11 is 6.35. The van der Waals surface area contributed by atoms with E-state index < -0.39 is 0 Å². The van der Waals surface area contributed by atoms with Gasteiger partial charge in [-0.25, -0.2) is 4.98 Å². The van der Waals surface area contributed by atoms with E-state index in [4.69, 9.17) is 16.6 Å². The average Bonchev–Trinajstić information content (AvgIpc) is 2.78. The molecule has 0 spiro atoms. The van der Waals surface area contributed by atoms with Crippen LogP contribution in [0.5, 0.6) is 0 Å². The molecule has 20 heavy (non-hydrogen) atoms. The minimum Gasteiger partial charge on any atom is -0.326 e. The SMILES string of the molecule is Cc1ccc2c(c1)nc(C(C)Cl)n2CC1CCCCC1. The quantitative estimate of drug-likeness (QED) is 0.708. The van der Waals surface area contributed by atoms with E-state index in [2.05, 4.69) is 29.7 Å². The van der Waals surface area contributed by atoms with Crippen LogP contribution in [0.1, 0.15) is 55.8 Å². The second-order valence-corrected chi connectivity index (χ2v) is 6.85. The van der Waals surface area contributed by atoms with Gasteiger partial charge in [-0.1, -0.05) is 25.3 Å². The third-order valence-electron chi connectivity index (χ3n) is 4.45. The number of alkyl halides is 1. The fraction of sp³-hybridized carbons (Fsp3) is 0.588. The number of halogens is 1. The first-order chi connectivity index (χ1) is 9.65. The molecule has 1 heterocycles. The van der Waals surface area contributed by atoms with E-state index in [0.717, 1.165) is 23.8 Å². The molecule has 1 aromatic carbocycles. The van der Waals surface area contributed by atoms with Crippen LogP contribution >= 0.6 is 11.6 Å². The van der Waals surface area contributed by atoms with Gasteiger partial charge in [0.05, 0.1) is 16.4 Å². The van der Waals surface area contributed by atoms with E-state index in [1.54, 1.807) is 0 Å². The lowest BCUT2D eigenvalue weighted by Crippen LogP contribution is -2.16. The lowest BCUT2D eigenvalue weighted by Gasteiger charge is -2.23. The Bertz CT molecular complexity index is 594. The standard InChI is InChI=1S/C17H23ClN2/c1-12-8-9-16-15(10-12)19-17(13(2)18)20(16)11-14-6-4-3-5-7-14/h8-10,13-14H,3-7,11H2,1-2H3. The molecule has 1 aromatic heterocycles. The van der Waals surface area contributed by atoms with Gasteiger partial charge in [-0.15, -0.1) is 11.6 Å². The number of rotatable bonds is 3. The van der Waals surface area contributed by atoms with Crippen molar-refractivity contribution in [3.05, 3.63) is 29.6 Å². The Hall–Kier alpha value is -1.02. The van der Waals surface area contributed by atoms with Crippen LogP contribution in [0.25, 0.3) is 11.0 Å². The summed E-state index contributed by atoms with van der Waals surface area (Å²) in [4.78, 5) is 4.77. The Balaban J connectivity index is 1.99. The number of aryl methyl sites for hydroxylation is 1. The van der Waals surface area contributed by atoms with Gasteiger partial charge in [0.1, 0.15) is 5.82 Å². The van der Waals surface area contributed by atoms with Gasteiger partial charge in [0.25, 0.3) is 0 Å². The summed E-state index contributed by atoms with van der Waals surface area (Å²) in [6.07, 6.45) is 6.85. The molecule has 3 rings (SSSR count). The molecule has 108 valence electrons. The van der Waals surface area contributed by atoms with Gasteiger partial charge in [0.2, 0.25) is 0 Å². The molecule has 0 amide bonds. The van der Waals surface area contributed by atoms with Crippen molar-refractivity contribution in [1.82, 2.24) is 9.55 Å². The van der Waals surface area contributed by atoms with Crippen LogP contribution in [0.2, 0.25) is 0 Å². The fourth-order valence-electron chi connectivity index (χ4n) is 3.38. The Morgan fingerprint density at radius 3 is 2.75 bits per heavy atom. The van der Waals surface area contributed by atoms with E-state index in [9.17, 15) is 0 Å². The smallest absolute Gasteiger partial charge is 0.127 e. The van der Waals surface area contributed by atoms with Crippen molar-refractivity contribution in [2.24, 2.45) is 5.92 Å². The number of nitrogens with zero attached hydrogens (tertiary/aromatic N) is 2. The molecule has 2 aromatic rings. The number of hydrogen-bond donors (Lipinski definition) is 0. The normalized spacial score (nSPS) is 18.6. The van der Waals surface area contributed by atoms with E-state index in [-0.39, 0.29) is 5.38 Å². The number of benzene rings is 1. The lowest BCUT2D eigenvalue weighted by atomic mass is 9.89. The topological polar surface area (TPSA) is 17.8 Å². The zero-order valence-corrected chi connectivity index (χ0v) is 13.2. The highest BCUT2D eigenvalue weighted by molar-refractivity contribution is 6.20. The Morgan fingerprint density at radius 2 is 2.05 bits per heavy atom. The number of aromatic nitrogens is 2. The minimum absolute atomic E-state index is 0.0358. The van der Waals surface area contributed by atoms with Crippen molar-refractivity contribution < 1.29 is 0 Å². The highest BCUT2D eigenvalue weighted by Gasteiger charge is 2.20. The summed E-state index contributed by atoms with van der Waals surface area (Å²) in [7, 11) is 0. The molecular formula is C17H23ClN2. The van der Waals surface area contributed by atoms with Gasteiger partial charge in [0, 0.05) is 6.54 Å². The first-order valence-electron chi connectivity index (χ1n) is 7.76. The highest BCUT2D eigenvalue weighted by atomic mass is 35.5. The highest BCUT2D eigenvalue weighted by Crippen LogP contribution is 2.30. The minimum atomic E-state index is -0.0358. The van der Waals surface area contributed by atoms with Crippen LogP contribution in [0.4, 0.5) is 0 Å². The van der Waals surface area contributed by atoms with E-state index in [1.165, 1.54) is 43.2 Å². The molecule has 1 fully saturated rings. The van der Waals surface area contributed by atoms with Crippen LogP contribution in [0.3, 0.4) is 0 Å². The summed E-state index contributed by atoms with van der Waals surface area (Å²) < 4.78 is 2.36. The molecule has 0 aliphatic heterocycles. The Labute approximate surface area is 126 Å². The maximum absolute atomic E-state index is 6.35. The summed E-state index contributed by atoms with van der Waals surface area (Å²) in [5.74, 6) is 1.81. The van der Waals surface area contributed by atoms with Gasteiger partial charge in [-0.2, -0.15) is 0 Å². The fourth-order valence-corrected chi connectivity index (χ4v) is 3.55. The molecule has 2 nitrogen and oxygen atoms in total. The molecule has 0 bridgehead atoms. The number of fused-ring (bicyclic) bond motifs is 1. The van der Waals surface area contributed by atoms with Crippen molar-refractivity contribution in [3.8, 4) is 0 Å². The first kappa shape index (κ1) is 13.9. The van der Waals surface area contributed by atoms with Gasteiger partial charge in [-0.05, 0) is 50.3 Å². The zero-order valence-electron chi connectivity index (χ0n) is 12.4. The van der Waals surface area contributed by atoms with Crippen molar-refractivity contribution >= 4 is 22.6 Å². The van der Waals surface area contributed by atoms with Crippen LogP contribution in [-0.4, -0.2) is 9.55 Å². The monoisotopic (exact) mass is 290 g/mol. The van der Waals surface area contributed by atoms with Crippen LogP contribution < -0.4 is 0 Å². The molecule has 0 N–H and O–H groups in total. The van der Waals surface area contributed by atoms with Crippen molar-refractivity contribution in [2.45, 2.75) is 57.9 Å². The van der Waals surface area contributed by atoms with Crippen molar-refractivity contribution in [1.29, 1.82) is 0 Å². The van der Waals surface area contributed by atoms with Crippen molar-refractivity contribution in [3.63, 3.8) is 0 Å². The van der Waals surface area contributed by atoms with Gasteiger partial charge in [-0.3, -0.25) is 0 Å². The van der Waals surface area contributed by atoms with Gasteiger partial charge in [0.15, 0.2) is 0 Å². The predicted octanol–water partition coefficient (Wildman–Crippen LogP) is 5.22. The first-order valence-corrected chi connectivity index (χ1v) is 8.19. The molecular weight excluding hydrogens is 268 g/mol. The van der Waals surface area contributed by atoms with Gasteiger partial charge < -0.3 is 4.57 Å². The predicted molar refractivity (Wildman–Crippen MR) is 85.3 cm³/mol. The summed E-state index contributed by atoms with van der Waals surface area (Å²) in [5.41, 5.74) is 3.58. The van der Waals surface area contributed by atoms with Crippen LogP contribution in [-0.2, 0) is 6.54 Å². The largest absolute Gasteiger partial charge is 0.326 e. The molecule has 1 aliphatic rings. The number of hydrogen-bond acceptors (Lipinski definition) is 1. The molecule has 1 atom stereocenters. The number of imidazole rings is 1.